The van der Waals surface area contributed by atoms with Gasteiger partial charge >= 0.3 is 5.97 Å². The van der Waals surface area contributed by atoms with Crippen LogP contribution in [-0.4, -0.2) is 32.2 Å². The van der Waals surface area contributed by atoms with Gasteiger partial charge in [-0.15, -0.1) is 0 Å². The highest BCUT2D eigenvalue weighted by Crippen LogP contribution is 2.11. The number of aromatic nitrogens is 4. The molecule has 0 fully saturated rings. The molecule has 0 aromatic carbocycles. The third kappa shape index (κ3) is 4.72. The molecule has 0 spiro atoms. The summed E-state index contributed by atoms with van der Waals surface area (Å²) in [5.74, 6) is -1.04. The molecule has 0 saturated heterocycles. The number of aryl methyl sites for hydroxylation is 1. The number of Topliss-reactive ketones (excluding diaryl/α,β-unsaturated/α-hetero) is 1. The highest BCUT2D eigenvalue weighted by Gasteiger charge is 2.10. The summed E-state index contributed by atoms with van der Waals surface area (Å²) in [6, 6.07) is 5.48. The van der Waals surface area contributed by atoms with Crippen molar-refractivity contribution in [3.63, 3.8) is 0 Å². The largest absolute Gasteiger partial charge is 0.481 e. The summed E-state index contributed by atoms with van der Waals surface area (Å²) in [6.45, 7) is 0.430. The summed E-state index contributed by atoms with van der Waals surface area (Å²) in [5.41, 5.74) is 1.58. The van der Waals surface area contributed by atoms with Crippen molar-refractivity contribution < 1.29 is 19.4 Å². The second-order valence-electron chi connectivity index (χ2n) is 4.47. The van der Waals surface area contributed by atoms with E-state index in [4.69, 9.17) is 5.11 Å². The van der Waals surface area contributed by atoms with Gasteiger partial charge in [-0.2, -0.15) is 10.2 Å². The molecule has 0 aliphatic rings. The lowest BCUT2D eigenvalue weighted by Crippen LogP contribution is -2.38. The number of rotatable bonds is 7. The van der Waals surface area contributed by atoms with Gasteiger partial charge in [0.1, 0.15) is 12.0 Å². The summed E-state index contributed by atoms with van der Waals surface area (Å²) in [4.78, 5) is 21.9. The Hall–Kier alpha value is -2.70. The SMILES string of the molecule is O=C(O)CCC(=O)CC[n+]1ccc(-c2cccnn2)cn1. The van der Waals surface area contributed by atoms with Gasteiger partial charge in [-0.1, -0.05) is 4.68 Å². The van der Waals surface area contributed by atoms with Crippen molar-refractivity contribution in [2.24, 2.45) is 0 Å². The van der Waals surface area contributed by atoms with E-state index in [1.807, 2.05) is 12.1 Å². The van der Waals surface area contributed by atoms with Gasteiger partial charge in [-0.3, -0.25) is 9.59 Å². The number of carboxylic acid groups (broad SMARTS) is 1. The lowest BCUT2D eigenvalue weighted by Gasteiger charge is -1.98. The maximum Gasteiger partial charge on any atom is 0.303 e. The third-order valence-corrected chi connectivity index (χ3v) is 2.88. The standard InChI is InChI=1S/C14H14N4O3/c19-12(3-4-14(20)21)6-9-18-8-5-11(10-16-18)13-2-1-7-15-17-13/h1-2,5,7-8,10H,3-4,6,9H2/p+1. The predicted molar refractivity (Wildman–Crippen MR) is 72.0 cm³/mol. The van der Waals surface area contributed by atoms with Crippen molar-refractivity contribution in [3.8, 4) is 11.3 Å². The van der Waals surface area contributed by atoms with Gasteiger partial charge in [-0.05, 0) is 17.2 Å². The highest BCUT2D eigenvalue weighted by atomic mass is 16.4. The van der Waals surface area contributed by atoms with E-state index in [1.54, 1.807) is 29.3 Å². The first-order chi connectivity index (χ1) is 10.1. The Balaban J connectivity index is 1.88. The minimum absolute atomic E-state index is 0.0631. The molecule has 2 heterocycles. The summed E-state index contributed by atoms with van der Waals surface area (Å²) in [6.07, 6.45) is 5.23. The van der Waals surface area contributed by atoms with Crippen LogP contribution in [0.15, 0.2) is 36.8 Å². The van der Waals surface area contributed by atoms with E-state index in [0.29, 0.717) is 6.54 Å². The van der Waals surface area contributed by atoms with E-state index in [2.05, 4.69) is 15.3 Å². The second-order valence-corrected chi connectivity index (χ2v) is 4.47. The van der Waals surface area contributed by atoms with Gasteiger partial charge in [0.2, 0.25) is 0 Å². The fraction of sp³-hybridized carbons (Fsp3) is 0.286. The number of carboxylic acids is 1. The summed E-state index contributed by atoms with van der Waals surface area (Å²) < 4.78 is 1.64. The average molecular weight is 287 g/mol. The first-order valence-electron chi connectivity index (χ1n) is 6.52. The molecule has 2 rings (SSSR count). The van der Waals surface area contributed by atoms with Gasteiger partial charge in [0.05, 0.1) is 18.5 Å². The summed E-state index contributed by atoms with van der Waals surface area (Å²) in [5, 5.41) is 20.5. The minimum Gasteiger partial charge on any atom is -0.481 e. The molecule has 7 heteroatoms. The molecule has 0 aliphatic heterocycles. The normalized spacial score (nSPS) is 10.3. The number of aliphatic carboxylic acids is 1. The fourth-order valence-corrected chi connectivity index (χ4v) is 1.73. The van der Waals surface area contributed by atoms with E-state index in [-0.39, 0.29) is 25.0 Å². The van der Waals surface area contributed by atoms with Crippen LogP contribution >= 0.6 is 0 Å². The van der Waals surface area contributed by atoms with Crippen LogP contribution in [0.1, 0.15) is 19.3 Å². The predicted octanol–water partition coefficient (Wildman–Crippen LogP) is 0.650. The Bertz CT molecular complexity index is 614. The van der Waals surface area contributed by atoms with E-state index in [0.717, 1.165) is 11.3 Å². The minimum atomic E-state index is -0.956. The van der Waals surface area contributed by atoms with Crippen molar-refractivity contribution in [3.05, 3.63) is 36.8 Å². The molecular formula is C14H15N4O3+. The molecule has 0 unspecified atom stereocenters. The molecular weight excluding hydrogens is 272 g/mol. The van der Waals surface area contributed by atoms with E-state index < -0.39 is 5.97 Å². The van der Waals surface area contributed by atoms with Crippen LogP contribution in [0.4, 0.5) is 0 Å². The molecule has 1 N–H and O–H groups in total. The van der Waals surface area contributed by atoms with Gasteiger partial charge in [-0.25, -0.2) is 0 Å². The maximum absolute atomic E-state index is 11.5. The number of nitrogens with zero attached hydrogens (tertiary/aromatic N) is 4. The van der Waals surface area contributed by atoms with Crippen LogP contribution in [0.3, 0.4) is 0 Å². The second kappa shape index (κ2) is 7.18. The fourth-order valence-electron chi connectivity index (χ4n) is 1.73. The quantitative estimate of drug-likeness (QED) is 0.751. The molecule has 108 valence electrons. The Kier molecular flexibility index (Phi) is 5.03. The molecule has 0 bridgehead atoms. The van der Waals surface area contributed by atoms with E-state index in [9.17, 15) is 9.59 Å². The number of ketones is 1. The Morgan fingerprint density at radius 2 is 2.05 bits per heavy atom. The topological polar surface area (TPSA) is 96.9 Å². The highest BCUT2D eigenvalue weighted by molar-refractivity contribution is 5.82. The Labute approximate surface area is 121 Å². The van der Waals surface area contributed by atoms with Crippen LogP contribution in [0.2, 0.25) is 0 Å². The molecule has 2 aromatic heterocycles. The van der Waals surface area contributed by atoms with Crippen molar-refractivity contribution in [2.45, 2.75) is 25.8 Å². The van der Waals surface area contributed by atoms with E-state index >= 15 is 0 Å². The van der Waals surface area contributed by atoms with Crippen LogP contribution < -0.4 is 4.68 Å². The number of hydrogen-bond donors (Lipinski definition) is 1. The van der Waals surface area contributed by atoms with Crippen LogP contribution in [-0.2, 0) is 16.1 Å². The molecule has 21 heavy (non-hydrogen) atoms. The molecule has 0 amide bonds. The van der Waals surface area contributed by atoms with Crippen LogP contribution in [0.5, 0.6) is 0 Å². The lowest BCUT2D eigenvalue weighted by atomic mass is 10.1. The zero-order valence-corrected chi connectivity index (χ0v) is 11.3. The van der Waals surface area contributed by atoms with Gasteiger partial charge < -0.3 is 5.11 Å². The molecule has 7 nitrogen and oxygen atoms in total. The summed E-state index contributed by atoms with van der Waals surface area (Å²) >= 11 is 0. The molecule has 0 saturated carbocycles. The van der Waals surface area contributed by atoms with Crippen molar-refractivity contribution in [1.29, 1.82) is 0 Å². The first-order valence-corrected chi connectivity index (χ1v) is 6.52. The van der Waals surface area contributed by atoms with Crippen molar-refractivity contribution in [1.82, 2.24) is 15.3 Å². The van der Waals surface area contributed by atoms with E-state index in [1.165, 1.54) is 0 Å². The maximum atomic E-state index is 11.5. The molecule has 0 aliphatic carbocycles. The van der Waals surface area contributed by atoms with Gasteiger partial charge in [0.25, 0.3) is 0 Å². The molecule has 0 radical (unpaired) electrons. The Morgan fingerprint density at radius 1 is 1.19 bits per heavy atom. The Morgan fingerprint density at radius 3 is 2.67 bits per heavy atom. The van der Waals surface area contributed by atoms with Crippen LogP contribution in [0, 0.1) is 0 Å². The summed E-state index contributed by atoms with van der Waals surface area (Å²) in [7, 11) is 0. The molecule has 2 aromatic rings. The zero-order chi connectivity index (χ0) is 15.1. The van der Waals surface area contributed by atoms with Crippen LogP contribution in [0.25, 0.3) is 11.3 Å². The molecule has 0 atom stereocenters. The van der Waals surface area contributed by atoms with Crippen molar-refractivity contribution >= 4 is 11.8 Å². The zero-order valence-electron chi connectivity index (χ0n) is 11.3. The number of carbonyl (C=O) groups excluding carboxylic acids is 1. The average Bonchev–Trinajstić information content (AvgIpc) is 2.52. The number of carbonyl (C=O) groups is 2. The third-order valence-electron chi connectivity index (χ3n) is 2.88. The van der Waals surface area contributed by atoms with Gasteiger partial charge in [0.15, 0.2) is 12.7 Å². The smallest absolute Gasteiger partial charge is 0.303 e. The number of hydrogen-bond acceptors (Lipinski definition) is 5. The lowest BCUT2D eigenvalue weighted by molar-refractivity contribution is -0.752. The van der Waals surface area contributed by atoms with Gasteiger partial charge in [0, 0.05) is 24.2 Å². The van der Waals surface area contributed by atoms with Crippen molar-refractivity contribution in [2.75, 3.05) is 0 Å². The monoisotopic (exact) mass is 287 g/mol. The first kappa shape index (κ1) is 14.7.